The molecular formula is C13H21N3O2. The largest absolute Gasteiger partial charge is 0.444 e. The van der Waals surface area contributed by atoms with E-state index in [1.54, 1.807) is 4.90 Å². The molecule has 0 aromatic heterocycles. The number of ether oxygens (including phenoxy) is 1. The second kappa shape index (κ2) is 5.25. The average Bonchev–Trinajstić information content (AvgIpc) is 2.60. The van der Waals surface area contributed by atoms with Crippen LogP contribution in [0.1, 0.15) is 27.7 Å². The first-order valence-electron chi connectivity index (χ1n) is 5.92. The van der Waals surface area contributed by atoms with Gasteiger partial charge in [-0.2, -0.15) is 0 Å². The predicted molar refractivity (Wildman–Crippen MR) is 71.5 cm³/mol. The molecule has 18 heavy (non-hydrogen) atoms. The van der Waals surface area contributed by atoms with Gasteiger partial charge >= 0.3 is 6.09 Å². The lowest BCUT2D eigenvalue weighted by Crippen LogP contribution is -2.40. The van der Waals surface area contributed by atoms with E-state index in [9.17, 15) is 4.79 Å². The third kappa shape index (κ3) is 3.12. The highest BCUT2D eigenvalue weighted by Crippen LogP contribution is 2.25. The summed E-state index contributed by atoms with van der Waals surface area (Å²) in [5.41, 5.74) is 6.47. The van der Waals surface area contributed by atoms with Crippen molar-refractivity contribution in [3.8, 4) is 0 Å². The number of carbonyl (C=O) groups excluding carboxylic acids is 1. The number of rotatable bonds is 2. The maximum absolute atomic E-state index is 12.0. The quantitative estimate of drug-likeness (QED) is 0.737. The van der Waals surface area contributed by atoms with Crippen molar-refractivity contribution >= 4 is 12.3 Å². The molecule has 1 atom stereocenters. The van der Waals surface area contributed by atoms with E-state index in [2.05, 4.69) is 0 Å². The first-order valence-corrected chi connectivity index (χ1v) is 5.92. The van der Waals surface area contributed by atoms with E-state index in [0.717, 1.165) is 5.57 Å². The van der Waals surface area contributed by atoms with Crippen molar-refractivity contribution in [2.45, 2.75) is 39.3 Å². The SMILES string of the molecule is CC1C(/C(C=N)=C/N)=CCN1C(=O)OC(C)(C)C. The van der Waals surface area contributed by atoms with Crippen molar-refractivity contribution in [2.24, 2.45) is 5.73 Å². The molecular weight excluding hydrogens is 230 g/mol. The fourth-order valence-corrected chi connectivity index (χ4v) is 1.83. The van der Waals surface area contributed by atoms with Crippen molar-refractivity contribution in [3.05, 3.63) is 23.4 Å². The van der Waals surface area contributed by atoms with Gasteiger partial charge in [0.05, 0.1) is 6.04 Å². The maximum atomic E-state index is 12.0. The van der Waals surface area contributed by atoms with Crippen LogP contribution in [0, 0.1) is 5.41 Å². The molecule has 1 unspecified atom stereocenters. The monoisotopic (exact) mass is 251 g/mol. The van der Waals surface area contributed by atoms with Crippen LogP contribution in [0.2, 0.25) is 0 Å². The molecule has 3 N–H and O–H groups in total. The standard InChI is InChI=1S/C13H21N3O2/c1-9-11(10(7-14)8-15)5-6-16(9)12(17)18-13(2,3)4/h5,7-9,14H,6,15H2,1-4H3/b10-8+,14-7?. The van der Waals surface area contributed by atoms with E-state index in [-0.39, 0.29) is 12.1 Å². The average molecular weight is 251 g/mol. The lowest BCUT2D eigenvalue weighted by atomic mass is 10.0. The molecule has 1 aliphatic rings. The number of hydrogen-bond donors (Lipinski definition) is 2. The van der Waals surface area contributed by atoms with Crippen LogP contribution in [0.4, 0.5) is 4.79 Å². The summed E-state index contributed by atoms with van der Waals surface area (Å²) in [6.07, 6.45) is 4.13. The van der Waals surface area contributed by atoms with Gasteiger partial charge in [-0.05, 0) is 33.3 Å². The molecule has 0 saturated carbocycles. The van der Waals surface area contributed by atoms with Crippen LogP contribution in [0.15, 0.2) is 23.4 Å². The van der Waals surface area contributed by atoms with Gasteiger partial charge < -0.3 is 15.9 Å². The molecule has 0 aromatic carbocycles. The molecule has 5 nitrogen and oxygen atoms in total. The van der Waals surface area contributed by atoms with E-state index >= 15 is 0 Å². The van der Waals surface area contributed by atoms with E-state index in [1.165, 1.54) is 12.4 Å². The number of nitrogens with zero attached hydrogens (tertiary/aromatic N) is 1. The molecule has 0 aromatic rings. The molecule has 1 heterocycles. The summed E-state index contributed by atoms with van der Waals surface area (Å²) in [5, 5.41) is 7.28. The number of nitrogens with one attached hydrogen (secondary N) is 1. The van der Waals surface area contributed by atoms with Gasteiger partial charge in [0.2, 0.25) is 0 Å². The fourth-order valence-electron chi connectivity index (χ4n) is 1.83. The smallest absolute Gasteiger partial charge is 0.411 e. The van der Waals surface area contributed by atoms with Crippen molar-refractivity contribution < 1.29 is 9.53 Å². The molecule has 0 aliphatic carbocycles. The Bertz CT molecular complexity index is 405. The van der Waals surface area contributed by atoms with E-state index < -0.39 is 5.60 Å². The van der Waals surface area contributed by atoms with Gasteiger partial charge in [0, 0.05) is 24.5 Å². The molecule has 0 radical (unpaired) electrons. The van der Waals surface area contributed by atoms with Crippen molar-refractivity contribution in [1.29, 1.82) is 5.41 Å². The summed E-state index contributed by atoms with van der Waals surface area (Å²) in [4.78, 5) is 13.6. The highest BCUT2D eigenvalue weighted by atomic mass is 16.6. The zero-order valence-electron chi connectivity index (χ0n) is 11.4. The van der Waals surface area contributed by atoms with Crippen LogP contribution >= 0.6 is 0 Å². The minimum atomic E-state index is -0.506. The fraction of sp³-hybridized carbons (Fsp3) is 0.538. The lowest BCUT2D eigenvalue weighted by Gasteiger charge is -2.28. The Labute approximate surface area is 108 Å². The predicted octanol–water partition coefficient (Wildman–Crippen LogP) is 2.04. The Balaban J connectivity index is 2.77. The summed E-state index contributed by atoms with van der Waals surface area (Å²) in [5.74, 6) is 0. The summed E-state index contributed by atoms with van der Waals surface area (Å²) < 4.78 is 5.33. The Hall–Kier alpha value is -1.78. The first kappa shape index (κ1) is 14.3. The second-order valence-electron chi connectivity index (χ2n) is 5.23. The summed E-state index contributed by atoms with van der Waals surface area (Å²) in [6.45, 7) is 7.89. The number of nitrogens with two attached hydrogens (primary N) is 1. The van der Waals surface area contributed by atoms with Crippen LogP contribution in [-0.2, 0) is 4.74 Å². The van der Waals surface area contributed by atoms with Crippen LogP contribution in [0.5, 0.6) is 0 Å². The molecule has 100 valence electrons. The van der Waals surface area contributed by atoms with Gasteiger partial charge in [0.1, 0.15) is 5.60 Å². The number of hydrogen-bond acceptors (Lipinski definition) is 4. The van der Waals surface area contributed by atoms with Crippen molar-refractivity contribution in [2.75, 3.05) is 6.54 Å². The number of carbonyl (C=O) groups is 1. The first-order chi connectivity index (χ1) is 8.30. The van der Waals surface area contributed by atoms with Gasteiger partial charge in [-0.15, -0.1) is 0 Å². The third-order valence-corrected chi connectivity index (χ3v) is 2.72. The van der Waals surface area contributed by atoms with Gasteiger partial charge in [-0.1, -0.05) is 6.08 Å². The Morgan fingerprint density at radius 3 is 2.67 bits per heavy atom. The highest BCUT2D eigenvalue weighted by molar-refractivity contribution is 5.84. The van der Waals surface area contributed by atoms with Crippen molar-refractivity contribution in [1.82, 2.24) is 4.90 Å². The van der Waals surface area contributed by atoms with E-state index in [0.29, 0.717) is 12.1 Å². The Morgan fingerprint density at radius 1 is 1.61 bits per heavy atom. The van der Waals surface area contributed by atoms with Crippen LogP contribution in [-0.4, -0.2) is 35.4 Å². The molecule has 5 heteroatoms. The minimum Gasteiger partial charge on any atom is -0.444 e. The van der Waals surface area contributed by atoms with Crippen LogP contribution in [0.3, 0.4) is 0 Å². The maximum Gasteiger partial charge on any atom is 0.411 e. The van der Waals surface area contributed by atoms with E-state index in [4.69, 9.17) is 15.9 Å². The van der Waals surface area contributed by atoms with Gasteiger partial charge in [-0.3, -0.25) is 4.90 Å². The lowest BCUT2D eigenvalue weighted by molar-refractivity contribution is 0.0250. The Morgan fingerprint density at radius 2 is 2.22 bits per heavy atom. The summed E-state index contributed by atoms with van der Waals surface area (Å²) >= 11 is 0. The molecule has 0 bridgehead atoms. The normalized spacial score (nSPS) is 20.7. The minimum absolute atomic E-state index is 0.128. The summed E-state index contributed by atoms with van der Waals surface area (Å²) in [6, 6.07) is -0.128. The molecule has 0 spiro atoms. The Kier molecular flexibility index (Phi) is 4.16. The van der Waals surface area contributed by atoms with Gasteiger partial charge in [0.15, 0.2) is 0 Å². The zero-order valence-corrected chi connectivity index (χ0v) is 11.4. The molecule has 1 amide bonds. The molecule has 0 saturated heterocycles. The van der Waals surface area contributed by atoms with E-state index in [1.807, 2.05) is 33.8 Å². The zero-order chi connectivity index (χ0) is 13.9. The molecule has 1 rings (SSSR count). The summed E-state index contributed by atoms with van der Waals surface area (Å²) in [7, 11) is 0. The third-order valence-electron chi connectivity index (χ3n) is 2.72. The topological polar surface area (TPSA) is 79.4 Å². The van der Waals surface area contributed by atoms with Gasteiger partial charge in [-0.25, -0.2) is 4.79 Å². The van der Waals surface area contributed by atoms with Crippen molar-refractivity contribution in [3.63, 3.8) is 0 Å². The van der Waals surface area contributed by atoms with Crippen LogP contribution < -0.4 is 5.73 Å². The highest BCUT2D eigenvalue weighted by Gasteiger charge is 2.31. The number of amides is 1. The second-order valence-corrected chi connectivity index (χ2v) is 5.23. The molecule has 0 fully saturated rings. The molecule has 1 aliphatic heterocycles. The van der Waals surface area contributed by atoms with Crippen LogP contribution in [0.25, 0.3) is 0 Å². The van der Waals surface area contributed by atoms with Gasteiger partial charge in [0.25, 0.3) is 0 Å².